The maximum absolute atomic E-state index is 13.6. The minimum Gasteiger partial charge on any atom is -0.459 e. The van der Waals surface area contributed by atoms with Gasteiger partial charge in [0.15, 0.2) is 0 Å². The van der Waals surface area contributed by atoms with Crippen LogP contribution in [0.15, 0.2) is 18.2 Å². The first-order valence-electron chi connectivity index (χ1n) is 7.79. The molecule has 0 unspecified atom stereocenters. The van der Waals surface area contributed by atoms with E-state index in [9.17, 15) is 18.4 Å². The van der Waals surface area contributed by atoms with E-state index in [-0.39, 0.29) is 0 Å². The smallest absolute Gasteiger partial charge is 0.410 e. The molecule has 7 heteroatoms. The average molecular weight is 341 g/mol. The van der Waals surface area contributed by atoms with Crippen LogP contribution in [0.1, 0.15) is 44.0 Å². The van der Waals surface area contributed by atoms with Crippen molar-refractivity contribution in [2.45, 2.75) is 45.3 Å². The lowest BCUT2D eigenvalue weighted by molar-refractivity contribution is -0.00363. The number of nitrogens with zero attached hydrogens (tertiary/aromatic N) is 1. The van der Waals surface area contributed by atoms with E-state index in [0.717, 1.165) is 18.2 Å². The fourth-order valence-corrected chi connectivity index (χ4v) is 2.35. The van der Waals surface area contributed by atoms with Gasteiger partial charge in [-0.2, -0.15) is 0 Å². The van der Waals surface area contributed by atoms with Gasteiger partial charge in [0.25, 0.3) is 0 Å². The third kappa shape index (κ3) is 4.91. The second-order valence-corrected chi connectivity index (χ2v) is 6.70. The molecule has 1 aliphatic heterocycles. The fourth-order valence-electron chi connectivity index (χ4n) is 2.35. The van der Waals surface area contributed by atoms with Crippen LogP contribution in [0, 0.1) is 11.6 Å². The number of piperidine rings is 1. The summed E-state index contributed by atoms with van der Waals surface area (Å²) in [5.74, 6) is -2.43. The molecule has 0 radical (unpaired) electrons. The van der Waals surface area contributed by atoms with Gasteiger partial charge in [0.2, 0.25) is 0 Å². The van der Waals surface area contributed by atoms with E-state index in [2.05, 4.69) is 0 Å². The first kappa shape index (κ1) is 18.2. The molecular formula is C17H21F2NO4. The molecule has 1 aromatic rings. The quantitative estimate of drug-likeness (QED) is 0.773. The third-order valence-corrected chi connectivity index (χ3v) is 3.52. The summed E-state index contributed by atoms with van der Waals surface area (Å²) in [6, 6.07) is 2.63. The lowest BCUT2D eigenvalue weighted by atomic mass is 10.1. The van der Waals surface area contributed by atoms with Crippen LogP contribution in [-0.2, 0) is 9.47 Å². The lowest BCUT2D eigenvalue weighted by Gasteiger charge is -2.33. The van der Waals surface area contributed by atoms with Crippen LogP contribution in [-0.4, -0.2) is 41.8 Å². The van der Waals surface area contributed by atoms with Gasteiger partial charge in [-0.3, -0.25) is 0 Å². The molecule has 1 aliphatic rings. The van der Waals surface area contributed by atoms with Crippen LogP contribution in [0.5, 0.6) is 0 Å². The molecular weight excluding hydrogens is 320 g/mol. The number of rotatable bonds is 2. The Bertz CT molecular complexity index is 620. The molecule has 132 valence electrons. The number of hydrogen-bond acceptors (Lipinski definition) is 4. The predicted molar refractivity (Wildman–Crippen MR) is 82.6 cm³/mol. The highest BCUT2D eigenvalue weighted by molar-refractivity contribution is 5.89. The van der Waals surface area contributed by atoms with Gasteiger partial charge in [0.05, 0.1) is 5.56 Å². The van der Waals surface area contributed by atoms with Crippen LogP contribution in [0.4, 0.5) is 13.6 Å². The molecule has 0 atom stereocenters. The van der Waals surface area contributed by atoms with E-state index in [1.807, 2.05) is 0 Å². The molecule has 0 aromatic heterocycles. The highest BCUT2D eigenvalue weighted by Gasteiger charge is 2.29. The van der Waals surface area contributed by atoms with Gasteiger partial charge in [0.1, 0.15) is 23.3 Å². The highest BCUT2D eigenvalue weighted by Crippen LogP contribution is 2.19. The Kier molecular flexibility index (Phi) is 5.41. The Balaban J connectivity index is 1.88. The SMILES string of the molecule is CC(C)(C)OC(=O)N1CCC(OC(=O)c2cc(F)ccc2F)CC1. The summed E-state index contributed by atoms with van der Waals surface area (Å²) in [7, 11) is 0. The second-order valence-electron chi connectivity index (χ2n) is 6.70. The summed E-state index contributed by atoms with van der Waals surface area (Å²) in [5.41, 5.74) is -1.00. The van der Waals surface area contributed by atoms with Gasteiger partial charge in [0, 0.05) is 25.9 Å². The normalized spacial score (nSPS) is 16.0. The van der Waals surface area contributed by atoms with Crippen molar-refractivity contribution in [3.63, 3.8) is 0 Å². The zero-order chi connectivity index (χ0) is 17.9. The Morgan fingerprint density at radius 2 is 1.79 bits per heavy atom. The van der Waals surface area contributed by atoms with Gasteiger partial charge in [-0.25, -0.2) is 18.4 Å². The van der Waals surface area contributed by atoms with Crippen molar-refractivity contribution in [1.82, 2.24) is 4.90 Å². The van der Waals surface area contributed by atoms with Crippen molar-refractivity contribution >= 4 is 12.1 Å². The third-order valence-electron chi connectivity index (χ3n) is 3.52. The summed E-state index contributed by atoms with van der Waals surface area (Å²) < 4.78 is 37.2. The van der Waals surface area contributed by atoms with Gasteiger partial charge in [-0.05, 0) is 39.0 Å². The number of ether oxygens (including phenoxy) is 2. The second kappa shape index (κ2) is 7.15. The van der Waals surface area contributed by atoms with Crippen molar-refractivity contribution in [2.75, 3.05) is 13.1 Å². The van der Waals surface area contributed by atoms with Gasteiger partial charge in [-0.15, -0.1) is 0 Å². The van der Waals surface area contributed by atoms with Crippen molar-refractivity contribution in [3.05, 3.63) is 35.4 Å². The zero-order valence-electron chi connectivity index (χ0n) is 14.0. The molecule has 24 heavy (non-hydrogen) atoms. The van der Waals surface area contributed by atoms with Crippen molar-refractivity contribution in [2.24, 2.45) is 0 Å². The van der Waals surface area contributed by atoms with Crippen molar-refractivity contribution in [1.29, 1.82) is 0 Å². The van der Waals surface area contributed by atoms with Crippen LogP contribution in [0.25, 0.3) is 0 Å². The van der Waals surface area contributed by atoms with Crippen molar-refractivity contribution < 1.29 is 27.8 Å². The van der Waals surface area contributed by atoms with E-state index in [1.165, 1.54) is 0 Å². The van der Waals surface area contributed by atoms with Crippen LogP contribution < -0.4 is 0 Å². The minimum atomic E-state index is -0.900. The largest absolute Gasteiger partial charge is 0.459 e. The minimum absolute atomic E-state index is 0.374. The fraction of sp³-hybridized carbons (Fsp3) is 0.529. The zero-order valence-corrected chi connectivity index (χ0v) is 14.0. The van der Waals surface area contributed by atoms with Crippen LogP contribution in [0.3, 0.4) is 0 Å². The first-order valence-corrected chi connectivity index (χ1v) is 7.79. The van der Waals surface area contributed by atoms with Crippen molar-refractivity contribution in [3.8, 4) is 0 Å². The van der Waals surface area contributed by atoms with E-state index in [1.54, 1.807) is 25.7 Å². The number of benzene rings is 1. The molecule has 1 aromatic carbocycles. The maximum Gasteiger partial charge on any atom is 0.410 e. The molecule has 0 N–H and O–H groups in total. The van der Waals surface area contributed by atoms with E-state index in [4.69, 9.17) is 9.47 Å². The number of esters is 1. The number of carbonyl (C=O) groups is 2. The molecule has 0 saturated carbocycles. The molecule has 0 bridgehead atoms. The molecule has 1 heterocycles. The summed E-state index contributed by atoms with van der Waals surface area (Å²) >= 11 is 0. The summed E-state index contributed by atoms with van der Waals surface area (Å²) in [5, 5.41) is 0. The maximum atomic E-state index is 13.6. The molecule has 1 saturated heterocycles. The van der Waals surface area contributed by atoms with Gasteiger partial charge < -0.3 is 14.4 Å². The van der Waals surface area contributed by atoms with Crippen LogP contribution >= 0.6 is 0 Å². The van der Waals surface area contributed by atoms with E-state index < -0.39 is 41.0 Å². The van der Waals surface area contributed by atoms with Crippen LogP contribution in [0.2, 0.25) is 0 Å². The molecule has 0 aliphatic carbocycles. The van der Waals surface area contributed by atoms with Gasteiger partial charge in [-0.1, -0.05) is 0 Å². The highest BCUT2D eigenvalue weighted by atomic mass is 19.1. The summed E-state index contributed by atoms with van der Waals surface area (Å²) in [4.78, 5) is 25.4. The predicted octanol–water partition coefficient (Wildman–Crippen LogP) is 3.52. The Labute approximate surface area is 139 Å². The Hall–Kier alpha value is -2.18. The number of carbonyl (C=O) groups excluding carboxylic acids is 2. The molecule has 2 rings (SSSR count). The molecule has 1 amide bonds. The Morgan fingerprint density at radius 3 is 2.38 bits per heavy atom. The average Bonchev–Trinajstić information content (AvgIpc) is 2.48. The topological polar surface area (TPSA) is 55.8 Å². The first-order chi connectivity index (χ1) is 11.2. The molecule has 0 spiro atoms. The number of hydrogen-bond donors (Lipinski definition) is 0. The summed E-state index contributed by atoms with van der Waals surface area (Å²) in [6.07, 6.45) is -0.0218. The monoisotopic (exact) mass is 341 g/mol. The lowest BCUT2D eigenvalue weighted by Crippen LogP contribution is -2.43. The molecule has 1 fully saturated rings. The number of amides is 1. The number of halogens is 2. The standard InChI is InChI=1S/C17H21F2NO4/c1-17(2,3)24-16(22)20-8-6-12(7-9-20)23-15(21)13-10-11(18)4-5-14(13)19/h4-5,10,12H,6-9H2,1-3H3. The van der Waals surface area contributed by atoms with Gasteiger partial charge >= 0.3 is 12.1 Å². The van der Waals surface area contributed by atoms with E-state index in [0.29, 0.717) is 25.9 Å². The Morgan fingerprint density at radius 1 is 1.17 bits per heavy atom. The number of likely N-dealkylation sites (tertiary alicyclic amines) is 1. The van der Waals surface area contributed by atoms with E-state index >= 15 is 0 Å². The molecule has 5 nitrogen and oxygen atoms in total. The summed E-state index contributed by atoms with van der Waals surface area (Å²) in [6.45, 7) is 6.10.